The highest BCUT2D eigenvalue weighted by atomic mass is 35.5. The van der Waals surface area contributed by atoms with Crippen molar-refractivity contribution in [3.63, 3.8) is 0 Å². The van der Waals surface area contributed by atoms with Gasteiger partial charge in [0.2, 0.25) is 0 Å². The topological polar surface area (TPSA) is 55.1 Å². The van der Waals surface area contributed by atoms with E-state index in [0.29, 0.717) is 10.7 Å². The molecule has 0 unspecified atom stereocenters. The molecule has 4 nitrogen and oxygen atoms in total. The fraction of sp³-hybridized carbons (Fsp3) is 0.333. The average Bonchev–Trinajstić information content (AvgIpc) is 2.85. The average molecular weight is 293 g/mol. The Labute approximate surface area is 123 Å². The maximum Gasteiger partial charge on any atom is 0.339 e. The lowest BCUT2D eigenvalue weighted by atomic mass is 10.1. The minimum atomic E-state index is -0.975. The minimum Gasteiger partial charge on any atom is -0.478 e. The molecule has 0 bridgehead atoms. The van der Waals surface area contributed by atoms with Gasteiger partial charge in [0.25, 0.3) is 0 Å². The van der Waals surface area contributed by atoms with Crippen LogP contribution in [-0.2, 0) is 0 Å². The normalized spacial score (nSPS) is 11.0. The van der Waals surface area contributed by atoms with Gasteiger partial charge in [-0.2, -0.15) is 5.10 Å². The van der Waals surface area contributed by atoms with Gasteiger partial charge in [-0.3, -0.25) is 4.68 Å². The number of benzene rings is 1. The summed E-state index contributed by atoms with van der Waals surface area (Å²) in [7, 11) is 0. The van der Waals surface area contributed by atoms with Gasteiger partial charge < -0.3 is 5.11 Å². The quantitative estimate of drug-likeness (QED) is 0.895. The molecule has 0 amide bonds. The van der Waals surface area contributed by atoms with Gasteiger partial charge in [-0.05, 0) is 25.0 Å². The van der Waals surface area contributed by atoms with Crippen molar-refractivity contribution in [3.8, 4) is 11.3 Å². The number of hydrogen-bond donors (Lipinski definition) is 1. The molecule has 0 aliphatic heterocycles. The predicted octanol–water partition coefficient (Wildman–Crippen LogP) is 4.26. The van der Waals surface area contributed by atoms with Crippen LogP contribution in [0.5, 0.6) is 0 Å². The smallest absolute Gasteiger partial charge is 0.339 e. The van der Waals surface area contributed by atoms with Crippen molar-refractivity contribution < 1.29 is 9.90 Å². The van der Waals surface area contributed by atoms with Gasteiger partial charge >= 0.3 is 5.97 Å². The maximum atomic E-state index is 11.4. The molecule has 0 aliphatic rings. The molecule has 0 radical (unpaired) electrons. The van der Waals surface area contributed by atoms with Crippen LogP contribution >= 0.6 is 11.6 Å². The van der Waals surface area contributed by atoms with Gasteiger partial charge in [0, 0.05) is 16.8 Å². The van der Waals surface area contributed by atoms with E-state index in [1.807, 2.05) is 6.07 Å². The lowest BCUT2D eigenvalue weighted by Gasteiger charge is -2.12. The number of rotatable bonds is 5. The molecular weight excluding hydrogens is 276 g/mol. The van der Waals surface area contributed by atoms with E-state index in [1.54, 1.807) is 29.1 Å². The first kappa shape index (κ1) is 14.6. The molecule has 0 saturated heterocycles. The van der Waals surface area contributed by atoms with Gasteiger partial charge in [0.05, 0.1) is 6.04 Å². The Hall–Kier alpha value is -1.81. The fourth-order valence-corrected chi connectivity index (χ4v) is 2.44. The molecule has 0 spiro atoms. The number of aromatic carboxylic acids is 1. The van der Waals surface area contributed by atoms with Crippen LogP contribution in [-0.4, -0.2) is 20.9 Å². The highest BCUT2D eigenvalue weighted by Crippen LogP contribution is 2.27. The van der Waals surface area contributed by atoms with Crippen molar-refractivity contribution in [1.29, 1.82) is 0 Å². The Kier molecular flexibility index (Phi) is 4.45. The summed E-state index contributed by atoms with van der Waals surface area (Å²) in [6, 6.07) is 7.30. The lowest BCUT2D eigenvalue weighted by Crippen LogP contribution is -2.07. The zero-order chi connectivity index (χ0) is 14.7. The van der Waals surface area contributed by atoms with Gasteiger partial charge in [-0.25, -0.2) is 4.79 Å². The molecule has 20 heavy (non-hydrogen) atoms. The molecule has 1 aromatic carbocycles. The van der Waals surface area contributed by atoms with E-state index in [-0.39, 0.29) is 11.6 Å². The van der Waals surface area contributed by atoms with Gasteiger partial charge in [0.1, 0.15) is 11.3 Å². The van der Waals surface area contributed by atoms with Crippen molar-refractivity contribution in [2.24, 2.45) is 0 Å². The van der Waals surface area contributed by atoms with Crippen molar-refractivity contribution in [2.75, 3.05) is 0 Å². The molecule has 2 aromatic rings. The number of aromatic nitrogens is 2. The first-order valence-electron chi connectivity index (χ1n) is 6.65. The number of nitrogens with zero attached hydrogens (tertiary/aromatic N) is 2. The maximum absolute atomic E-state index is 11.4. The standard InChI is InChI=1S/C15H17ClN2O2/c1-3-12(4-2)18-9-13(15(19)20)14(17-18)10-6-5-7-11(16)8-10/h5-9,12H,3-4H2,1-2H3,(H,19,20). The Bertz CT molecular complexity index is 618. The monoisotopic (exact) mass is 292 g/mol. The Morgan fingerprint density at radius 1 is 1.40 bits per heavy atom. The largest absolute Gasteiger partial charge is 0.478 e. The molecule has 0 fully saturated rings. The fourth-order valence-electron chi connectivity index (χ4n) is 2.25. The van der Waals surface area contributed by atoms with Crippen molar-refractivity contribution in [1.82, 2.24) is 9.78 Å². The third kappa shape index (κ3) is 2.85. The third-order valence-corrected chi connectivity index (χ3v) is 3.61. The van der Waals surface area contributed by atoms with Crippen molar-refractivity contribution in [3.05, 3.63) is 41.0 Å². The summed E-state index contributed by atoms with van der Waals surface area (Å²) in [5.74, 6) is -0.975. The molecule has 1 N–H and O–H groups in total. The third-order valence-electron chi connectivity index (χ3n) is 3.38. The van der Waals surface area contributed by atoms with Crippen molar-refractivity contribution >= 4 is 17.6 Å². The van der Waals surface area contributed by atoms with Gasteiger partial charge in [0.15, 0.2) is 0 Å². The summed E-state index contributed by atoms with van der Waals surface area (Å²) in [6.07, 6.45) is 3.43. The molecule has 0 aliphatic carbocycles. The van der Waals surface area contributed by atoms with Crippen LogP contribution in [0.1, 0.15) is 43.1 Å². The highest BCUT2D eigenvalue weighted by Gasteiger charge is 2.19. The van der Waals surface area contributed by atoms with Crippen LogP contribution < -0.4 is 0 Å². The number of carbonyl (C=O) groups is 1. The predicted molar refractivity (Wildman–Crippen MR) is 79.3 cm³/mol. The minimum absolute atomic E-state index is 0.208. The van der Waals surface area contributed by atoms with E-state index in [4.69, 9.17) is 11.6 Å². The molecule has 0 saturated carbocycles. The van der Waals surface area contributed by atoms with Crippen molar-refractivity contribution in [2.45, 2.75) is 32.7 Å². The molecule has 2 rings (SSSR count). The summed E-state index contributed by atoms with van der Waals surface area (Å²) in [5.41, 5.74) is 1.39. The second-order valence-corrected chi connectivity index (χ2v) is 5.09. The van der Waals surface area contributed by atoms with E-state index in [1.165, 1.54) is 0 Å². The Morgan fingerprint density at radius 3 is 2.65 bits per heavy atom. The van der Waals surface area contributed by atoms with Gasteiger partial charge in [-0.15, -0.1) is 0 Å². The number of carboxylic acid groups (broad SMARTS) is 1. The number of halogens is 1. The summed E-state index contributed by atoms with van der Waals surface area (Å²) >= 11 is 5.97. The number of carboxylic acids is 1. The molecule has 1 heterocycles. The van der Waals surface area contributed by atoms with Crippen LogP contribution in [0.15, 0.2) is 30.5 Å². The molecule has 1 aromatic heterocycles. The van der Waals surface area contributed by atoms with E-state index < -0.39 is 5.97 Å². The van der Waals surface area contributed by atoms with Crippen LogP contribution in [0.3, 0.4) is 0 Å². The second-order valence-electron chi connectivity index (χ2n) is 4.66. The van der Waals surface area contributed by atoms with Crippen LogP contribution in [0, 0.1) is 0 Å². The van der Waals surface area contributed by atoms with Crippen LogP contribution in [0.4, 0.5) is 0 Å². The zero-order valence-electron chi connectivity index (χ0n) is 11.5. The van der Waals surface area contributed by atoms with E-state index in [0.717, 1.165) is 18.4 Å². The molecule has 5 heteroatoms. The highest BCUT2D eigenvalue weighted by molar-refractivity contribution is 6.30. The second kappa shape index (κ2) is 6.09. The summed E-state index contributed by atoms with van der Waals surface area (Å²) in [4.78, 5) is 11.4. The van der Waals surface area contributed by atoms with E-state index in [9.17, 15) is 9.90 Å². The summed E-state index contributed by atoms with van der Waals surface area (Å²) in [5, 5.41) is 14.4. The van der Waals surface area contributed by atoms with E-state index in [2.05, 4.69) is 18.9 Å². The van der Waals surface area contributed by atoms with E-state index >= 15 is 0 Å². The lowest BCUT2D eigenvalue weighted by molar-refractivity contribution is 0.0697. The Morgan fingerprint density at radius 2 is 2.10 bits per heavy atom. The van der Waals surface area contributed by atoms with Crippen LogP contribution in [0.25, 0.3) is 11.3 Å². The van der Waals surface area contributed by atoms with Gasteiger partial charge in [-0.1, -0.05) is 37.6 Å². The molecule has 106 valence electrons. The Balaban J connectivity index is 2.54. The SMILES string of the molecule is CCC(CC)n1cc(C(=O)O)c(-c2cccc(Cl)c2)n1. The first-order valence-corrected chi connectivity index (χ1v) is 7.03. The molecule has 0 atom stereocenters. The van der Waals surface area contributed by atoms with Crippen LogP contribution in [0.2, 0.25) is 5.02 Å². The zero-order valence-corrected chi connectivity index (χ0v) is 12.3. The summed E-state index contributed by atoms with van der Waals surface area (Å²) in [6.45, 7) is 4.13. The first-order chi connectivity index (χ1) is 9.56. The summed E-state index contributed by atoms with van der Waals surface area (Å²) < 4.78 is 1.75. The molecular formula is C15H17ClN2O2. The number of hydrogen-bond acceptors (Lipinski definition) is 2.